The van der Waals surface area contributed by atoms with E-state index in [4.69, 9.17) is 9.47 Å². The van der Waals surface area contributed by atoms with Crippen LogP contribution in [0.3, 0.4) is 0 Å². The van der Waals surface area contributed by atoms with Crippen LogP contribution >= 0.6 is 0 Å². The number of hydrogen-bond acceptors (Lipinski definition) is 5. The van der Waals surface area contributed by atoms with E-state index in [0.29, 0.717) is 36.1 Å². The van der Waals surface area contributed by atoms with Crippen molar-refractivity contribution in [2.45, 2.75) is 33.2 Å². The third kappa shape index (κ3) is 3.68. The summed E-state index contributed by atoms with van der Waals surface area (Å²) in [4.78, 5) is 12.9. The largest absolute Gasteiger partial charge is 0.486 e. The maximum atomic E-state index is 12.9. The SMILES string of the molecule is Cc1cccc(C(C)(C)NC(=O)c2nnn(-c3ccc4c(c3)OCCO4)c2C)c1. The molecular formula is C22H24N4O3. The van der Waals surface area contributed by atoms with Gasteiger partial charge in [0.05, 0.1) is 16.9 Å². The summed E-state index contributed by atoms with van der Waals surface area (Å²) in [5.41, 5.74) is 3.33. The van der Waals surface area contributed by atoms with Gasteiger partial charge < -0.3 is 14.8 Å². The zero-order valence-corrected chi connectivity index (χ0v) is 17.0. The quantitative estimate of drug-likeness (QED) is 0.737. The lowest BCUT2D eigenvalue weighted by molar-refractivity contribution is 0.0906. The van der Waals surface area contributed by atoms with E-state index in [-0.39, 0.29) is 5.91 Å². The monoisotopic (exact) mass is 392 g/mol. The lowest BCUT2D eigenvalue weighted by Gasteiger charge is -2.27. The minimum Gasteiger partial charge on any atom is -0.486 e. The molecule has 0 bridgehead atoms. The molecule has 0 fully saturated rings. The topological polar surface area (TPSA) is 78.3 Å². The fourth-order valence-corrected chi connectivity index (χ4v) is 3.40. The van der Waals surface area contributed by atoms with Gasteiger partial charge in [0.15, 0.2) is 17.2 Å². The second-order valence-corrected chi connectivity index (χ2v) is 7.71. The number of nitrogens with one attached hydrogen (secondary N) is 1. The highest BCUT2D eigenvalue weighted by molar-refractivity contribution is 5.93. The highest BCUT2D eigenvalue weighted by Gasteiger charge is 2.27. The van der Waals surface area contributed by atoms with Gasteiger partial charge >= 0.3 is 0 Å². The second kappa shape index (κ2) is 7.24. The summed E-state index contributed by atoms with van der Waals surface area (Å²) < 4.78 is 12.8. The number of fused-ring (bicyclic) bond motifs is 1. The average Bonchev–Trinajstić information content (AvgIpc) is 3.09. The molecule has 1 aliphatic rings. The van der Waals surface area contributed by atoms with Gasteiger partial charge in [-0.3, -0.25) is 4.79 Å². The molecule has 0 atom stereocenters. The van der Waals surface area contributed by atoms with Crippen LogP contribution in [0.5, 0.6) is 11.5 Å². The van der Waals surface area contributed by atoms with Gasteiger partial charge in [-0.05, 0) is 45.4 Å². The predicted octanol–water partition coefficient (Wildman–Crippen LogP) is 3.32. The number of carbonyl (C=O) groups excluding carboxylic acids is 1. The van der Waals surface area contributed by atoms with Gasteiger partial charge in [0.2, 0.25) is 0 Å². The summed E-state index contributed by atoms with van der Waals surface area (Å²) in [7, 11) is 0. The van der Waals surface area contributed by atoms with E-state index in [9.17, 15) is 4.79 Å². The predicted molar refractivity (Wildman–Crippen MR) is 109 cm³/mol. The van der Waals surface area contributed by atoms with Crippen molar-refractivity contribution in [3.63, 3.8) is 0 Å². The van der Waals surface area contributed by atoms with E-state index in [1.54, 1.807) is 4.68 Å². The Balaban J connectivity index is 1.59. The van der Waals surface area contributed by atoms with Crippen molar-refractivity contribution in [3.8, 4) is 17.2 Å². The van der Waals surface area contributed by atoms with Crippen molar-refractivity contribution in [3.05, 3.63) is 65.0 Å². The molecule has 3 aromatic rings. The molecule has 150 valence electrons. The van der Waals surface area contributed by atoms with Crippen LogP contribution in [0, 0.1) is 13.8 Å². The summed E-state index contributed by atoms with van der Waals surface area (Å²) in [5, 5.41) is 11.4. The second-order valence-electron chi connectivity index (χ2n) is 7.71. The van der Waals surface area contributed by atoms with Crippen molar-refractivity contribution in [2.75, 3.05) is 13.2 Å². The first-order valence-electron chi connectivity index (χ1n) is 9.57. The molecule has 0 unspecified atom stereocenters. The summed E-state index contributed by atoms with van der Waals surface area (Å²) in [6.45, 7) is 8.85. The number of amides is 1. The zero-order chi connectivity index (χ0) is 20.6. The molecule has 1 aromatic heterocycles. The smallest absolute Gasteiger partial charge is 0.274 e. The highest BCUT2D eigenvalue weighted by atomic mass is 16.6. The molecule has 7 heteroatoms. The van der Waals surface area contributed by atoms with Crippen molar-refractivity contribution < 1.29 is 14.3 Å². The van der Waals surface area contributed by atoms with Crippen molar-refractivity contribution in [2.24, 2.45) is 0 Å². The van der Waals surface area contributed by atoms with E-state index in [1.165, 1.54) is 0 Å². The third-order valence-corrected chi connectivity index (χ3v) is 5.05. The van der Waals surface area contributed by atoms with Crippen LogP contribution in [-0.2, 0) is 5.54 Å². The molecule has 2 aromatic carbocycles. The molecule has 1 N–H and O–H groups in total. The number of aromatic nitrogens is 3. The minimum absolute atomic E-state index is 0.266. The highest BCUT2D eigenvalue weighted by Crippen LogP contribution is 2.32. The van der Waals surface area contributed by atoms with Crippen LogP contribution in [-0.4, -0.2) is 34.1 Å². The van der Waals surface area contributed by atoms with Crippen LogP contribution in [0.15, 0.2) is 42.5 Å². The van der Waals surface area contributed by atoms with E-state index in [0.717, 1.165) is 16.8 Å². The van der Waals surface area contributed by atoms with Gasteiger partial charge in [0, 0.05) is 6.07 Å². The fourth-order valence-electron chi connectivity index (χ4n) is 3.40. The number of nitrogens with zero attached hydrogens (tertiary/aromatic N) is 3. The molecule has 1 amide bonds. The minimum atomic E-state index is -0.545. The first kappa shape index (κ1) is 19.0. The molecule has 29 heavy (non-hydrogen) atoms. The Morgan fingerprint density at radius 3 is 2.59 bits per heavy atom. The third-order valence-electron chi connectivity index (χ3n) is 5.05. The van der Waals surface area contributed by atoms with E-state index < -0.39 is 5.54 Å². The Kier molecular flexibility index (Phi) is 4.74. The number of benzene rings is 2. The Morgan fingerprint density at radius 1 is 1.07 bits per heavy atom. The van der Waals surface area contributed by atoms with E-state index in [2.05, 4.69) is 21.7 Å². The van der Waals surface area contributed by atoms with Crippen LogP contribution < -0.4 is 14.8 Å². The standard InChI is InChI=1S/C22H24N4O3/c1-14-6-5-7-16(12-14)22(3,4)23-21(27)20-15(2)26(25-24-20)17-8-9-18-19(13-17)29-11-10-28-18/h5-9,12-13H,10-11H2,1-4H3,(H,23,27). The molecule has 1 aliphatic heterocycles. The van der Waals surface area contributed by atoms with Gasteiger partial charge in [-0.15, -0.1) is 5.10 Å². The van der Waals surface area contributed by atoms with Crippen molar-refractivity contribution in [1.82, 2.24) is 20.3 Å². The molecule has 7 nitrogen and oxygen atoms in total. The van der Waals surface area contributed by atoms with Crippen molar-refractivity contribution >= 4 is 5.91 Å². The van der Waals surface area contributed by atoms with Crippen LogP contribution in [0.25, 0.3) is 5.69 Å². The number of aryl methyl sites for hydroxylation is 1. The van der Waals surface area contributed by atoms with Crippen LogP contribution in [0.1, 0.15) is 41.2 Å². The molecule has 0 saturated heterocycles. The lowest BCUT2D eigenvalue weighted by atomic mass is 9.93. The normalized spacial score (nSPS) is 13.2. The number of rotatable bonds is 4. The summed E-state index contributed by atoms with van der Waals surface area (Å²) in [6, 6.07) is 13.6. The van der Waals surface area contributed by atoms with Crippen LogP contribution in [0.2, 0.25) is 0 Å². The van der Waals surface area contributed by atoms with E-state index >= 15 is 0 Å². The Hall–Kier alpha value is -3.35. The number of carbonyl (C=O) groups is 1. The fraction of sp³-hybridized carbons (Fsp3) is 0.318. The molecule has 0 radical (unpaired) electrons. The molecule has 0 aliphatic carbocycles. The summed E-state index contributed by atoms with van der Waals surface area (Å²) in [6.07, 6.45) is 0. The first-order valence-corrected chi connectivity index (χ1v) is 9.57. The molecule has 2 heterocycles. The average molecular weight is 392 g/mol. The molecule has 0 spiro atoms. The van der Waals surface area contributed by atoms with E-state index in [1.807, 2.05) is 64.1 Å². The van der Waals surface area contributed by atoms with Gasteiger partial charge in [-0.2, -0.15) is 0 Å². The van der Waals surface area contributed by atoms with Gasteiger partial charge in [0.25, 0.3) is 5.91 Å². The summed E-state index contributed by atoms with van der Waals surface area (Å²) >= 11 is 0. The Bertz CT molecular complexity index is 1070. The zero-order valence-electron chi connectivity index (χ0n) is 17.0. The maximum absolute atomic E-state index is 12.9. The number of ether oxygens (including phenoxy) is 2. The Labute approximate surface area is 169 Å². The van der Waals surface area contributed by atoms with Crippen molar-refractivity contribution in [1.29, 1.82) is 0 Å². The lowest BCUT2D eigenvalue weighted by Crippen LogP contribution is -2.41. The molecule has 4 rings (SSSR count). The molecule has 0 saturated carbocycles. The maximum Gasteiger partial charge on any atom is 0.274 e. The van der Waals surface area contributed by atoms with Gasteiger partial charge in [-0.1, -0.05) is 35.0 Å². The Morgan fingerprint density at radius 2 is 1.83 bits per heavy atom. The number of hydrogen-bond donors (Lipinski definition) is 1. The van der Waals surface area contributed by atoms with Gasteiger partial charge in [0.1, 0.15) is 13.2 Å². The van der Waals surface area contributed by atoms with Gasteiger partial charge in [-0.25, -0.2) is 4.68 Å². The van der Waals surface area contributed by atoms with Crippen LogP contribution in [0.4, 0.5) is 0 Å². The summed E-state index contributed by atoms with van der Waals surface area (Å²) in [5.74, 6) is 1.10. The first-order chi connectivity index (χ1) is 13.8. The molecular weight excluding hydrogens is 368 g/mol.